The fourth-order valence-electron chi connectivity index (χ4n) is 18.8. The van der Waals surface area contributed by atoms with Gasteiger partial charge >= 0.3 is 0 Å². The average molecular weight is 1400 g/mol. The predicted octanol–water partition coefficient (Wildman–Crippen LogP) is 23.0. The highest BCUT2D eigenvalue weighted by Gasteiger charge is 2.46. The van der Waals surface area contributed by atoms with Crippen LogP contribution in [0.25, 0.3) is 32.3 Å². The minimum Gasteiger partial charge on any atom is -0.481 e. The van der Waals surface area contributed by atoms with Gasteiger partial charge in [-0.1, -0.05) is 291 Å². The van der Waals surface area contributed by atoms with Gasteiger partial charge in [0, 0.05) is 5.92 Å². The van der Waals surface area contributed by atoms with Crippen LogP contribution in [0, 0.1) is 35.5 Å². The summed E-state index contributed by atoms with van der Waals surface area (Å²) in [6.07, 6.45) is 5.62. The molecule has 524 valence electrons. The summed E-state index contributed by atoms with van der Waals surface area (Å²) in [5.41, 5.74) is 24.9. The Balaban J connectivity index is 0.843. The van der Waals surface area contributed by atoms with E-state index in [2.05, 4.69) is 363 Å². The van der Waals surface area contributed by atoms with Crippen LogP contribution in [0.3, 0.4) is 0 Å². The molecule has 15 aromatic rings. The molecule has 0 spiro atoms. The van der Waals surface area contributed by atoms with Crippen molar-refractivity contribution in [2.45, 2.75) is 81.5 Å². The topological polar surface area (TPSA) is 27.7 Å². The monoisotopic (exact) mass is 1400 g/mol. The van der Waals surface area contributed by atoms with Gasteiger partial charge in [0.1, 0.15) is 37.1 Å². The molecule has 3 aliphatic rings. The van der Waals surface area contributed by atoms with E-state index in [4.69, 9.17) is 14.2 Å². The van der Waals surface area contributed by atoms with Crippen LogP contribution in [-0.2, 0) is 54.8 Å². The van der Waals surface area contributed by atoms with Gasteiger partial charge in [-0.15, -0.1) is 17.8 Å². The van der Waals surface area contributed by atoms with Gasteiger partial charge in [0.25, 0.3) is 0 Å². The molecule has 3 heteroatoms. The molecule has 0 amide bonds. The Labute approximate surface area is 640 Å². The lowest BCUT2D eigenvalue weighted by molar-refractivity contribution is 0.370. The lowest BCUT2D eigenvalue weighted by Crippen LogP contribution is -2.32. The fourth-order valence-corrected chi connectivity index (χ4v) is 18.8. The van der Waals surface area contributed by atoms with E-state index in [1.165, 1.54) is 117 Å². The van der Waals surface area contributed by atoms with E-state index in [0.717, 1.165) is 88.1 Å². The molecule has 0 saturated carbocycles. The van der Waals surface area contributed by atoms with Crippen LogP contribution in [0.15, 0.2) is 328 Å². The van der Waals surface area contributed by atoms with Crippen molar-refractivity contribution in [1.29, 1.82) is 0 Å². The Morgan fingerprint density at radius 2 is 0.450 bits per heavy atom. The van der Waals surface area contributed by atoms with Gasteiger partial charge in [-0.3, -0.25) is 0 Å². The normalized spacial score (nSPS) is 14.0. The zero-order chi connectivity index (χ0) is 73.3. The molecular weight excluding hydrogens is 1320 g/mol. The van der Waals surface area contributed by atoms with Gasteiger partial charge < -0.3 is 14.2 Å². The van der Waals surface area contributed by atoms with Crippen LogP contribution < -0.4 is 14.2 Å². The molecule has 3 nitrogen and oxygen atoms in total. The van der Waals surface area contributed by atoms with Gasteiger partial charge in [-0.25, -0.2) is 0 Å². The second-order valence-electron chi connectivity index (χ2n) is 29.3. The van der Waals surface area contributed by atoms with Crippen LogP contribution in [0.5, 0.6) is 17.2 Å². The summed E-state index contributed by atoms with van der Waals surface area (Å²) in [5.74, 6) is 20.4. The highest BCUT2D eigenvalue weighted by atomic mass is 16.5. The van der Waals surface area contributed by atoms with Gasteiger partial charge in [-0.05, 0) is 263 Å². The van der Waals surface area contributed by atoms with E-state index in [9.17, 15) is 0 Å². The third-order valence-corrected chi connectivity index (χ3v) is 23.7. The van der Waals surface area contributed by atoms with E-state index in [0.29, 0.717) is 19.8 Å². The molecule has 15 aromatic carbocycles. The maximum absolute atomic E-state index is 6.13. The average Bonchev–Trinajstić information content (AvgIpc) is 1.71. The predicted molar refractivity (Wildman–Crippen MR) is 447 cm³/mol. The Kier molecular flexibility index (Phi) is 18.2. The van der Waals surface area contributed by atoms with Crippen LogP contribution in [0.1, 0.15) is 144 Å². The number of hydrogen-bond acceptors (Lipinski definition) is 3. The van der Waals surface area contributed by atoms with E-state index >= 15 is 0 Å². The molecule has 0 N–H and O–H groups in total. The number of fused-ring (bicyclic) bond motifs is 9. The molecule has 0 heterocycles. The summed E-state index contributed by atoms with van der Waals surface area (Å²) in [5, 5.41) is 6.82. The summed E-state index contributed by atoms with van der Waals surface area (Å²) >= 11 is 0. The van der Waals surface area contributed by atoms with Crippen molar-refractivity contribution in [3.63, 3.8) is 0 Å². The van der Waals surface area contributed by atoms with Crippen LogP contribution in [0.4, 0.5) is 0 Å². The molecule has 0 aromatic heterocycles. The number of benzene rings is 15. The molecule has 109 heavy (non-hydrogen) atoms. The van der Waals surface area contributed by atoms with Gasteiger partial charge in [0.15, 0.2) is 0 Å². The second-order valence-corrected chi connectivity index (χ2v) is 29.3. The maximum atomic E-state index is 6.13. The van der Waals surface area contributed by atoms with E-state index in [-0.39, 0.29) is 5.92 Å². The summed E-state index contributed by atoms with van der Waals surface area (Å²) in [4.78, 5) is 0. The SMILES string of the molecule is CC#CCOc1ccc2cc(C3(c4ccc(C(c5ccc(C6(c7ccc8cc(OCC#CC)ccc8c7)c7ccccc7CCc7ccccc76)cc5)c5ccc(C6(c7ccc8cc(OCC#CC)ccc8c7)c7ccccc7CCc7ccccc76)cc5)cc4)c4ccccc4CCc4ccccc43)ccc2c1. The smallest absolute Gasteiger partial charge is 0.149 e. The first-order chi connectivity index (χ1) is 53.9. The molecule has 0 fully saturated rings. The summed E-state index contributed by atoms with van der Waals surface area (Å²) < 4.78 is 18.4. The van der Waals surface area contributed by atoms with Gasteiger partial charge in [0.05, 0.1) is 16.2 Å². The van der Waals surface area contributed by atoms with Crippen molar-refractivity contribution in [3.05, 3.63) is 444 Å². The lowest BCUT2D eigenvalue weighted by atomic mass is 9.63. The Bertz CT molecular complexity index is 5450. The second kappa shape index (κ2) is 29.1. The molecule has 0 atom stereocenters. The van der Waals surface area contributed by atoms with E-state index in [1.54, 1.807) is 0 Å². The van der Waals surface area contributed by atoms with Crippen LogP contribution in [0.2, 0.25) is 0 Å². The Morgan fingerprint density at radius 1 is 0.239 bits per heavy atom. The molecule has 0 saturated heterocycles. The van der Waals surface area contributed by atoms with Crippen molar-refractivity contribution in [3.8, 4) is 52.8 Å². The highest BCUT2D eigenvalue weighted by Crippen LogP contribution is 2.55. The van der Waals surface area contributed by atoms with E-state index in [1.807, 2.05) is 20.8 Å². The summed E-state index contributed by atoms with van der Waals surface area (Å²) in [6, 6.07) is 125. The molecule has 18 rings (SSSR count). The van der Waals surface area contributed by atoms with Crippen molar-refractivity contribution < 1.29 is 14.2 Å². The van der Waals surface area contributed by atoms with Crippen molar-refractivity contribution in [2.24, 2.45) is 0 Å². The van der Waals surface area contributed by atoms with Gasteiger partial charge in [0.2, 0.25) is 0 Å². The number of aryl methyl sites for hydroxylation is 6. The minimum absolute atomic E-state index is 0.197. The van der Waals surface area contributed by atoms with E-state index < -0.39 is 16.2 Å². The first-order valence-electron chi connectivity index (χ1n) is 38.4. The quantitative estimate of drug-likeness (QED) is 0.0756. The summed E-state index contributed by atoms with van der Waals surface area (Å²) in [6.45, 7) is 6.59. The summed E-state index contributed by atoms with van der Waals surface area (Å²) in [7, 11) is 0. The molecule has 0 unspecified atom stereocenters. The van der Waals surface area contributed by atoms with Gasteiger partial charge in [-0.2, -0.15) is 0 Å². The maximum Gasteiger partial charge on any atom is 0.149 e. The van der Waals surface area contributed by atoms with Crippen LogP contribution >= 0.6 is 0 Å². The number of hydrogen-bond donors (Lipinski definition) is 0. The standard InChI is InChI=1S/C106H82O3/c1-4-7-64-107-94-61-49-82-67-91(58-46-85(82)70-94)104(97-28-16-10-22-73(97)34-35-74-23-11-17-29-98(74)104)88-52-40-79(41-53-88)103(80-42-54-89(55-43-80)105(92-59-47-86-71-95(108-65-8-5-2)62-50-83(86)68-92)99-30-18-12-24-75(99)36-37-76-25-13-19-31-100(76)105)81-44-56-90(57-45-81)106(93-60-48-87-72-96(109-66-9-6-3)63-51-84(87)69-93)101-32-20-14-26-77(101)38-39-78-27-15-21-33-102(78)106/h10-33,40-63,67-72,103H,34-39,64-66H2,1-3H3. The third kappa shape index (κ3) is 11.9. The molecule has 0 aliphatic heterocycles. The molecule has 3 aliphatic carbocycles. The largest absolute Gasteiger partial charge is 0.481 e. The third-order valence-electron chi connectivity index (χ3n) is 23.7. The Hall–Kier alpha value is -12.8. The molecule has 0 radical (unpaired) electrons. The van der Waals surface area contributed by atoms with Crippen molar-refractivity contribution >= 4 is 32.3 Å². The first-order valence-corrected chi connectivity index (χ1v) is 38.4. The Morgan fingerprint density at radius 3 is 0.688 bits per heavy atom. The zero-order valence-electron chi connectivity index (χ0n) is 61.8. The number of rotatable bonds is 15. The minimum atomic E-state index is -0.675. The number of ether oxygens (including phenoxy) is 3. The zero-order valence-corrected chi connectivity index (χ0v) is 61.8. The van der Waals surface area contributed by atoms with Crippen LogP contribution in [-0.4, -0.2) is 19.8 Å². The first kappa shape index (κ1) is 68.0. The van der Waals surface area contributed by atoms with Crippen molar-refractivity contribution in [1.82, 2.24) is 0 Å². The fraction of sp³-hybridized carbons (Fsp3) is 0.151. The van der Waals surface area contributed by atoms with Crippen molar-refractivity contribution in [2.75, 3.05) is 19.8 Å². The highest BCUT2D eigenvalue weighted by molar-refractivity contribution is 5.89. The molecule has 0 bridgehead atoms. The lowest BCUT2D eigenvalue weighted by Gasteiger charge is -2.39. The molecular formula is C106H82O3.